The van der Waals surface area contributed by atoms with Crippen LogP contribution in [0.25, 0.3) is 0 Å². The fourth-order valence-corrected chi connectivity index (χ4v) is 1.34. The predicted molar refractivity (Wildman–Crippen MR) is 66.7 cm³/mol. The monoisotopic (exact) mass is 230 g/mol. The van der Waals surface area contributed by atoms with Crippen LogP contribution in [0.15, 0.2) is 0 Å². The summed E-state index contributed by atoms with van der Waals surface area (Å²) < 4.78 is 0. The molecule has 0 aromatic heterocycles. The van der Waals surface area contributed by atoms with E-state index in [4.69, 9.17) is 5.11 Å². The van der Waals surface area contributed by atoms with E-state index in [0.717, 1.165) is 38.9 Å². The Morgan fingerprint density at radius 1 is 1.25 bits per heavy atom. The molecule has 0 aromatic rings. The molecule has 16 heavy (non-hydrogen) atoms. The second kappa shape index (κ2) is 9.60. The van der Waals surface area contributed by atoms with Gasteiger partial charge < -0.3 is 15.3 Å². The predicted octanol–water partition coefficient (Wildman–Crippen LogP) is 1.56. The van der Waals surface area contributed by atoms with Crippen LogP contribution in [0.3, 0.4) is 0 Å². The van der Waals surface area contributed by atoms with Crippen molar-refractivity contribution in [3.05, 3.63) is 0 Å². The molecule has 4 nitrogen and oxygen atoms in total. The van der Waals surface area contributed by atoms with Crippen molar-refractivity contribution in [2.45, 2.75) is 45.6 Å². The Labute approximate surface area is 99.0 Å². The van der Waals surface area contributed by atoms with Crippen LogP contribution in [-0.2, 0) is 4.79 Å². The summed E-state index contributed by atoms with van der Waals surface area (Å²) >= 11 is 0. The minimum absolute atomic E-state index is 0.302. The number of nitrogens with zero attached hydrogens (tertiary/aromatic N) is 1. The lowest BCUT2D eigenvalue weighted by atomic mass is 10.2. The SMILES string of the molecule is CC(C)N(C)CCNCCCCCC(=O)O. The molecule has 96 valence electrons. The summed E-state index contributed by atoms with van der Waals surface area (Å²) in [5, 5.41) is 11.8. The first kappa shape index (κ1) is 15.4. The maximum absolute atomic E-state index is 10.3. The molecular weight excluding hydrogens is 204 g/mol. The smallest absolute Gasteiger partial charge is 0.303 e. The largest absolute Gasteiger partial charge is 0.481 e. The number of nitrogens with one attached hydrogen (secondary N) is 1. The molecule has 0 aliphatic carbocycles. The number of unbranched alkanes of at least 4 members (excludes halogenated alkanes) is 2. The van der Waals surface area contributed by atoms with Gasteiger partial charge in [0.05, 0.1) is 0 Å². The minimum atomic E-state index is -0.688. The minimum Gasteiger partial charge on any atom is -0.481 e. The van der Waals surface area contributed by atoms with Crippen LogP contribution in [0.2, 0.25) is 0 Å². The highest BCUT2D eigenvalue weighted by Crippen LogP contribution is 1.98. The average molecular weight is 230 g/mol. The third-order valence-electron chi connectivity index (χ3n) is 2.77. The Hall–Kier alpha value is -0.610. The van der Waals surface area contributed by atoms with Gasteiger partial charge in [0.15, 0.2) is 0 Å². The van der Waals surface area contributed by atoms with Gasteiger partial charge in [-0.05, 0) is 40.3 Å². The van der Waals surface area contributed by atoms with Crippen LogP contribution in [-0.4, -0.2) is 48.7 Å². The zero-order valence-corrected chi connectivity index (χ0v) is 10.8. The second-order valence-electron chi connectivity index (χ2n) is 4.53. The van der Waals surface area contributed by atoms with Crippen molar-refractivity contribution >= 4 is 5.97 Å². The van der Waals surface area contributed by atoms with Crippen LogP contribution < -0.4 is 5.32 Å². The van der Waals surface area contributed by atoms with Crippen molar-refractivity contribution < 1.29 is 9.90 Å². The molecule has 0 heterocycles. The standard InChI is InChI=1S/C12H26N2O2/c1-11(2)14(3)10-9-13-8-6-4-5-7-12(15)16/h11,13H,4-10H2,1-3H3,(H,15,16). The van der Waals surface area contributed by atoms with Gasteiger partial charge in [-0.2, -0.15) is 0 Å². The van der Waals surface area contributed by atoms with Crippen LogP contribution in [0.5, 0.6) is 0 Å². The number of aliphatic carboxylic acids is 1. The molecule has 0 radical (unpaired) electrons. The summed E-state index contributed by atoms with van der Waals surface area (Å²) in [6.07, 6.45) is 3.16. The zero-order valence-electron chi connectivity index (χ0n) is 10.8. The Bertz CT molecular complexity index is 184. The molecule has 0 aliphatic heterocycles. The number of rotatable bonds is 10. The number of carboxylic acids is 1. The number of hydrogen-bond acceptors (Lipinski definition) is 3. The van der Waals surface area contributed by atoms with Gasteiger partial charge in [0.25, 0.3) is 0 Å². The summed E-state index contributed by atoms with van der Waals surface area (Å²) in [6, 6.07) is 0.595. The van der Waals surface area contributed by atoms with Gasteiger partial charge in [-0.15, -0.1) is 0 Å². The zero-order chi connectivity index (χ0) is 12.4. The lowest BCUT2D eigenvalue weighted by Gasteiger charge is -2.20. The first-order valence-corrected chi connectivity index (χ1v) is 6.16. The van der Waals surface area contributed by atoms with Crippen molar-refractivity contribution in [2.75, 3.05) is 26.7 Å². The summed E-state index contributed by atoms with van der Waals surface area (Å²) in [4.78, 5) is 12.6. The highest BCUT2D eigenvalue weighted by Gasteiger charge is 2.01. The van der Waals surface area contributed by atoms with Crippen LogP contribution in [0.4, 0.5) is 0 Å². The molecule has 0 unspecified atom stereocenters. The van der Waals surface area contributed by atoms with E-state index in [1.165, 1.54) is 0 Å². The van der Waals surface area contributed by atoms with Gasteiger partial charge in [0.1, 0.15) is 0 Å². The van der Waals surface area contributed by atoms with Gasteiger partial charge in [-0.1, -0.05) is 6.42 Å². The van der Waals surface area contributed by atoms with Crippen molar-refractivity contribution in [2.24, 2.45) is 0 Å². The van der Waals surface area contributed by atoms with Crippen molar-refractivity contribution in [3.63, 3.8) is 0 Å². The van der Waals surface area contributed by atoms with E-state index < -0.39 is 5.97 Å². The molecule has 0 saturated carbocycles. The molecular formula is C12H26N2O2. The van der Waals surface area contributed by atoms with E-state index in [-0.39, 0.29) is 0 Å². The fourth-order valence-electron chi connectivity index (χ4n) is 1.34. The van der Waals surface area contributed by atoms with E-state index >= 15 is 0 Å². The van der Waals surface area contributed by atoms with E-state index in [0.29, 0.717) is 12.5 Å². The maximum Gasteiger partial charge on any atom is 0.303 e. The summed E-state index contributed by atoms with van der Waals surface area (Å²) in [7, 11) is 2.12. The topological polar surface area (TPSA) is 52.6 Å². The first-order valence-electron chi connectivity index (χ1n) is 6.16. The highest BCUT2D eigenvalue weighted by atomic mass is 16.4. The number of carbonyl (C=O) groups is 1. The molecule has 2 N–H and O–H groups in total. The average Bonchev–Trinajstić information content (AvgIpc) is 2.21. The summed E-state index contributed by atoms with van der Waals surface area (Å²) in [5.41, 5.74) is 0. The van der Waals surface area contributed by atoms with Gasteiger partial charge in [-0.3, -0.25) is 4.79 Å². The molecule has 0 amide bonds. The second-order valence-corrected chi connectivity index (χ2v) is 4.53. The third-order valence-corrected chi connectivity index (χ3v) is 2.77. The fraction of sp³-hybridized carbons (Fsp3) is 0.917. The Balaban J connectivity index is 3.13. The summed E-state index contributed by atoms with van der Waals surface area (Å²) in [5.74, 6) is -0.688. The summed E-state index contributed by atoms with van der Waals surface area (Å²) in [6.45, 7) is 7.43. The lowest BCUT2D eigenvalue weighted by Crippen LogP contribution is -2.34. The van der Waals surface area contributed by atoms with E-state index in [2.05, 4.69) is 31.1 Å². The molecule has 0 saturated heterocycles. The molecule has 0 bridgehead atoms. The van der Waals surface area contributed by atoms with Crippen molar-refractivity contribution in [1.29, 1.82) is 0 Å². The van der Waals surface area contributed by atoms with Gasteiger partial charge in [0.2, 0.25) is 0 Å². The Morgan fingerprint density at radius 2 is 1.94 bits per heavy atom. The lowest BCUT2D eigenvalue weighted by molar-refractivity contribution is -0.137. The number of carboxylic acid groups (broad SMARTS) is 1. The number of likely N-dealkylation sites (N-methyl/N-ethyl adjacent to an activating group) is 1. The van der Waals surface area contributed by atoms with E-state index in [1.807, 2.05) is 0 Å². The van der Waals surface area contributed by atoms with E-state index in [1.54, 1.807) is 0 Å². The van der Waals surface area contributed by atoms with Crippen molar-refractivity contribution in [1.82, 2.24) is 10.2 Å². The number of hydrogen-bond donors (Lipinski definition) is 2. The molecule has 4 heteroatoms. The van der Waals surface area contributed by atoms with E-state index in [9.17, 15) is 4.79 Å². The normalized spacial score (nSPS) is 11.3. The van der Waals surface area contributed by atoms with Crippen molar-refractivity contribution in [3.8, 4) is 0 Å². The third kappa shape index (κ3) is 9.93. The van der Waals surface area contributed by atoms with Crippen LogP contribution in [0, 0.1) is 0 Å². The Kier molecular flexibility index (Phi) is 9.24. The highest BCUT2D eigenvalue weighted by molar-refractivity contribution is 5.66. The van der Waals surface area contributed by atoms with Gasteiger partial charge in [-0.25, -0.2) is 0 Å². The molecule has 0 spiro atoms. The Morgan fingerprint density at radius 3 is 2.50 bits per heavy atom. The molecule has 0 atom stereocenters. The molecule has 0 fully saturated rings. The maximum atomic E-state index is 10.3. The molecule has 0 rings (SSSR count). The van der Waals surface area contributed by atoms with Crippen LogP contribution in [0.1, 0.15) is 39.5 Å². The molecule has 0 aliphatic rings. The van der Waals surface area contributed by atoms with Crippen LogP contribution >= 0.6 is 0 Å². The van der Waals surface area contributed by atoms with Gasteiger partial charge >= 0.3 is 5.97 Å². The molecule has 0 aromatic carbocycles. The first-order chi connectivity index (χ1) is 7.54. The van der Waals surface area contributed by atoms with Gasteiger partial charge in [0, 0.05) is 25.6 Å². The quantitative estimate of drug-likeness (QED) is 0.559.